The molecule has 0 atom stereocenters. The summed E-state index contributed by atoms with van der Waals surface area (Å²) < 4.78 is 0. The topological polar surface area (TPSA) is 47.0 Å². The van der Waals surface area contributed by atoms with Crippen molar-refractivity contribution in [3.8, 4) is 0 Å². The highest BCUT2D eigenvalue weighted by molar-refractivity contribution is 5.69. The summed E-state index contributed by atoms with van der Waals surface area (Å²) in [5.74, 6) is 0.131. The SMILES string of the molecule is CN1CCC(CN2CCN(CC(=O)O)CC2)CC1. The highest BCUT2D eigenvalue weighted by atomic mass is 16.4. The van der Waals surface area contributed by atoms with Crippen molar-refractivity contribution in [1.82, 2.24) is 14.7 Å². The Kier molecular flexibility index (Phi) is 4.97. The van der Waals surface area contributed by atoms with Gasteiger partial charge in [-0.2, -0.15) is 0 Å². The van der Waals surface area contributed by atoms with Gasteiger partial charge < -0.3 is 14.9 Å². The first-order valence-electron chi connectivity index (χ1n) is 6.98. The number of rotatable bonds is 4. The number of piperidine rings is 1. The van der Waals surface area contributed by atoms with Crippen molar-refractivity contribution in [2.45, 2.75) is 12.8 Å². The highest BCUT2D eigenvalue weighted by Crippen LogP contribution is 2.18. The molecule has 0 radical (unpaired) electrons. The van der Waals surface area contributed by atoms with E-state index in [4.69, 9.17) is 5.11 Å². The molecular formula is C13H25N3O2. The van der Waals surface area contributed by atoms with Crippen molar-refractivity contribution in [2.24, 2.45) is 5.92 Å². The molecule has 2 fully saturated rings. The van der Waals surface area contributed by atoms with Gasteiger partial charge in [0.2, 0.25) is 0 Å². The number of carboxylic acid groups (broad SMARTS) is 1. The summed E-state index contributed by atoms with van der Waals surface area (Å²) in [5, 5.41) is 8.76. The lowest BCUT2D eigenvalue weighted by molar-refractivity contribution is -0.138. The van der Waals surface area contributed by atoms with Crippen LogP contribution in [0.5, 0.6) is 0 Å². The van der Waals surface area contributed by atoms with Gasteiger partial charge in [-0.05, 0) is 38.9 Å². The number of aliphatic carboxylic acids is 1. The van der Waals surface area contributed by atoms with Crippen LogP contribution in [0.4, 0.5) is 0 Å². The molecule has 2 aliphatic heterocycles. The fourth-order valence-electron chi connectivity index (χ4n) is 2.93. The largest absolute Gasteiger partial charge is 0.480 e. The molecule has 104 valence electrons. The normalized spacial score (nSPS) is 25.4. The lowest BCUT2D eigenvalue weighted by Crippen LogP contribution is -2.49. The third kappa shape index (κ3) is 4.23. The van der Waals surface area contributed by atoms with Crippen LogP contribution in [0.2, 0.25) is 0 Å². The summed E-state index contributed by atoms with van der Waals surface area (Å²) in [7, 11) is 2.20. The van der Waals surface area contributed by atoms with Gasteiger partial charge in [-0.3, -0.25) is 9.69 Å². The maximum absolute atomic E-state index is 10.6. The second kappa shape index (κ2) is 6.50. The number of hydrogen-bond donors (Lipinski definition) is 1. The fraction of sp³-hybridized carbons (Fsp3) is 0.923. The van der Waals surface area contributed by atoms with Crippen LogP contribution in [-0.2, 0) is 4.79 Å². The summed E-state index contributed by atoms with van der Waals surface area (Å²) in [5.41, 5.74) is 0. The third-order valence-corrected chi connectivity index (χ3v) is 4.18. The molecule has 2 heterocycles. The molecule has 18 heavy (non-hydrogen) atoms. The van der Waals surface area contributed by atoms with Crippen LogP contribution in [0.1, 0.15) is 12.8 Å². The average Bonchev–Trinajstić information content (AvgIpc) is 2.34. The Balaban J connectivity index is 1.65. The monoisotopic (exact) mass is 255 g/mol. The molecule has 0 amide bonds. The van der Waals surface area contributed by atoms with Gasteiger partial charge in [0.1, 0.15) is 0 Å². The first-order chi connectivity index (χ1) is 8.63. The highest BCUT2D eigenvalue weighted by Gasteiger charge is 2.23. The van der Waals surface area contributed by atoms with Crippen LogP contribution in [0.15, 0.2) is 0 Å². The molecule has 5 nitrogen and oxygen atoms in total. The number of nitrogens with zero attached hydrogens (tertiary/aromatic N) is 3. The summed E-state index contributed by atoms with van der Waals surface area (Å²) >= 11 is 0. The Morgan fingerprint density at radius 1 is 1.06 bits per heavy atom. The molecule has 0 spiro atoms. The van der Waals surface area contributed by atoms with E-state index in [9.17, 15) is 4.79 Å². The van der Waals surface area contributed by atoms with E-state index in [1.807, 2.05) is 4.90 Å². The molecular weight excluding hydrogens is 230 g/mol. The zero-order valence-electron chi connectivity index (χ0n) is 11.3. The van der Waals surface area contributed by atoms with Crippen molar-refractivity contribution in [3.05, 3.63) is 0 Å². The number of hydrogen-bond acceptors (Lipinski definition) is 4. The second-order valence-corrected chi connectivity index (χ2v) is 5.72. The van der Waals surface area contributed by atoms with E-state index in [-0.39, 0.29) is 6.54 Å². The van der Waals surface area contributed by atoms with Gasteiger partial charge >= 0.3 is 5.97 Å². The predicted octanol–water partition coefficient (Wildman–Crippen LogP) is 0.0304. The summed E-state index contributed by atoms with van der Waals surface area (Å²) in [6.45, 7) is 7.71. The number of piperazine rings is 1. The zero-order chi connectivity index (χ0) is 13.0. The minimum atomic E-state index is -0.709. The van der Waals surface area contributed by atoms with Crippen molar-refractivity contribution >= 4 is 5.97 Å². The van der Waals surface area contributed by atoms with Crippen molar-refractivity contribution in [1.29, 1.82) is 0 Å². The van der Waals surface area contributed by atoms with Crippen LogP contribution >= 0.6 is 0 Å². The lowest BCUT2D eigenvalue weighted by atomic mass is 9.96. The Bertz CT molecular complexity index is 269. The van der Waals surface area contributed by atoms with Gasteiger partial charge in [0.25, 0.3) is 0 Å². The lowest BCUT2D eigenvalue weighted by Gasteiger charge is -2.37. The standard InChI is InChI=1S/C13H25N3O2/c1-14-4-2-12(3-5-14)10-15-6-8-16(9-7-15)11-13(17)18/h12H,2-11H2,1H3,(H,17,18). The first kappa shape index (κ1) is 13.8. The Labute approximate surface area is 109 Å². The summed E-state index contributed by atoms with van der Waals surface area (Å²) in [6, 6.07) is 0. The maximum atomic E-state index is 10.6. The molecule has 2 saturated heterocycles. The number of carbonyl (C=O) groups is 1. The van der Waals surface area contributed by atoms with E-state index in [2.05, 4.69) is 16.8 Å². The Morgan fingerprint density at radius 2 is 1.61 bits per heavy atom. The van der Waals surface area contributed by atoms with E-state index in [0.717, 1.165) is 32.1 Å². The number of carboxylic acids is 1. The minimum Gasteiger partial charge on any atom is -0.480 e. The Hall–Kier alpha value is -0.650. The van der Waals surface area contributed by atoms with E-state index in [0.29, 0.717) is 0 Å². The fourth-order valence-corrected chi connectivity index (χ4v) is 2.93. The molecule has 1 N–H and O–H groups in total. The molecule has 5 heteroatoms. The number of likely N-dealkylation sites (tertiary alicyclic amines) is 1. The molecule has 2 rings (SSSR count). The molecule has 0 bridgehead atoms. The zero-order valence-corrected chi connectivity index (χ0v) is 11.3. The molecule has 0 aromatic rings. The van der Waals surface area contributed by atoms with Crippen LogP contribution in [-0.4, -0.2) is 85.2 Å². The Morgan fingerprint density at radius 3 is 2.17 bits per heavy atom. The molecule has 0 unspecified atom stereocenters. The third-order valence-electron chi connectivity index (χ3n) is 4.18. The van der Waals surface area contributed by atoms with Crippen molar-refractivity contribution < 1.29 is 9.90 Å². The second-order valence-electron chi connectivity index (χ2n) is 5.72. The van der Waals surface area contributed by atoms with Gasteiger partial charge in [-0.1, -0.05) is 0 Å². The van der Waals surface area contributed by atoms with Gasteiger partial charge in [-0.25, -0.2) is 0 Å². The molecule has 0 aromatic carbocycles. The van der Waals surface area contributed by atoms with Gasteiger partial charge in [0.15, 0.2) is 0 Å². The summed E-state index contributed by atoms with van der Waals surface area (Å²) in [4.78, 5) is 17.6. The molecule has 0 aliphatic carbocycles. The smallest absolute Gasteiger partial charge is 0.317 e. The average molecular weight is 255 g/mol. The quantitative estimate of drug-likeness (QED) is 0.768. The van der Waals surface area contributed by atoms with E-state index < -0.39 is 5.97 Å². The van der Waals surface area contributed by atoms with Crippen molar-refractivity contribution in [3.63, 3.8) is 0 Å². The molecule has 0 saturated carbocycles. The van der Waals surface area contributed by atoms with Crippen LogP contribution < -0.4 is 0 Å². The van der Waals surface area contributed by atoms with E-state index >= 15 is 0 Å². The van der Waals surface area contributed by atoms with Crippen LogP contribution in [0, 0.1) is 5.92 Å². The van der Waals surface area contributed by atoms with Gasteiger partial charge in [0, 0.05) is 32.7 Å². The molecule has 0 aromatic heterocycles. The van der Waals surface area contributed by atoms with E-state index in [1.54, 1.807) is 0 Å². The summed E-state index contributed by atoms with van der Waals surface area (Å²) in [6.07, 6.45) is 2.62. The molecule has 2 aliphatic rings. The van der Waals surface area contributed by atoms with Crippen LogP contribution in [0.3, 0.4) is 0 Å². The van der Waals surface area contributed by atoms with Crippen LogP contribution in [0.25, 0.3) is 0 Å². The predicted molar refractivity (Wildman–Crippen MR) is 70.7 cm³/mol. The first-order valence-corrected chi connectivity index (χ1v) is 6.98. The van der Waals surface area contributed by atoms with Crippen molar-refractivity contribution in [2.75, 3.05) is 59.4 Å². The maximum Gasteiger partial charge on any atom is 0.317 e. The minimum absolute atomic E-state index is 0.196. The van der Waals surface area contributed by atoms with E-state index in [1.165, 1.54) is 32.5 Å². The van der Waals surface area contributed by atoms with Gasteiger partial charge in [-0.15, -0.1) is 0 Å². The van der Waals surface area contributed by atoms with Gasteiger partial charge in [0.05, 0.1) is 6.54 Å².